The number of carbonyl (C=O) groups is 1. The number of benzene rings is 2. The van der Waals surface area contributed by atoms with Crippen LogP contribution in [0.4, 0.5) is 0 Å². The summed E-state index contributed by atoms with van der Waals surface area (Å²) in [5, 5.41) is 11.3. The fraction of sp³-hybridized carbons (Fsp3) is 0.250. The quantitative estimate of drug-likeness (QED) is 0.514. The van der Waals surface area contributed by atoms with Gasteiger partial charge in [-0.1, -0.05) is 42.5 Å². The Kier molecular flexibility index (Phi) is 8.24. The molecule has 0 saturated heterocycles. The molecule has 0 spiro atoms. The summed E-state index contributed by atoms with van der Waals surface area (Å²) in [6.45, 7) is 1.59. The van der Waals surface area contributed by atoms with E-state index in [4.69, 9.17) is 14.6 Å². The van der Waals surface area contributed by atoms with E-state index in [1.165, 1.54) is 6.08 Å². The summed E-state index contributed by atoms with van der Waals surface area (Å²) in [6, 6.07) is 17.5. The average Bonchev–Trinajstić information content (AvgIpc) is 2.66. The van der Waals surface area contributed by atoms with Crippen LogP contribution in [0.1, 0.15) is 11.1 Å². The van der Waals surface area contributed by atoms with Crippen molar-refractivity contribution in [2.24, 2.45) is 0 Å². The smallest absolute Gasteiger partial charge is 0.244 e. The summed E-state index contributed by atoms with van der Waals surface area (Å²) >= 11 is 0. The first kappa shape index (κ1) is 18.7. The number of rotatable bonds is 10. The molecular weight excluding hydrogens is 318 g/mol. The van der Waals surface area contributed by atoms with Crippen molar-refractivity contribution < 1.29 is 19.4 Å². The molecule has 25 heavy (non-hydrogen) atoms. The fourth-order valence-electron chi connectivity index (χ4n) is 2.06. The molecule has 0 aliphatic heterocycles. The van der Waals surface area contributed by atoms with Gasteiger partial charge in [0.25, 0.3) is 0 Å². The van der Waals surface area contributed by atoms with Gasteiger partial charge in [-0.05, 0) is 29.3 Å². The van der Waals surface area contributed by atoms with Crippen molar-refractivity contribution in [1.29, 1.82) is 0 Å². The Hall–Kier alpha value is -2.63. The highest BCUT2D eigenvalue weighted by molar-refractivity contribution is 5.91. The van der Waals surface area contributed by atoms with Gasteiger partial charge in [0.05, 0.1) is 19.8 Å². The molecule has 132 valence electrons. The van der Waals surface area contributed by atoms with Crippen molar-refractivity contribution in [3.63, 3.8) is 0 Å². The van der Waals surface area contributed by atoms with Crippen LogP contribution in [0.3, 0.4) is 0 Å². The highest BCUT2D eigenvalue weighted by atomic mass is 16.5. The van der Waals surface area contributed by atoms with Crippen LogP contribution in [0.2, 0.25) is 0 Å². The molecule has 0 heterocycles. The van der Waals surface area contributed by atoms with Crippen LogP contribution >= 0.6 is 0 Å². The maximum atomic E-state index is 11.6. The van der Waals surface area contributed by atoms with E-state index in [-0.39, 0.29) is 19.1 Å². The Bertz CT molecular complexity index is 653. The topological polar surface area (TPSA) is 67.8 Å². The van der Waals surface area contributed by atoms with Gasteiger partial charge in [0, 0.05) is 12.6 Å². The van der Waals surface area contributed by atoms with E-state index in [1.54, 1.807) is 6.08 Å². The summed E-state index contributed by atoms with van der Waals surface area (Å²) in [7, 11) is 0. The van der Waals surface area contributed by atoms with Crippen molar-refractivity contribution in [3.8, 4) is 5.75 Å². The minimum atomic E-state index is -0.183. The Labute approximate surface area is 147 Å². The minimum absolute atomic E-state index is 0.0150. The van der Waals surface area contributed by atoms with Gasteiger partial charge in [0.2, 0.25) is 5.91 Å². The molecule has 0 aliphatic rings. The summed E-state index contributed by atoms with van der Waals surface area (Å²) in [5.41, 5.74) is 2.03. The molecule has 2 aromatic carbocycles. The molecule has 5 heteroatoms. The molecule has 2 N–H and O–H groups in total. The van der Waals surface area contributed by atoms with E-state index in [0.717, 1.165) is 16.9 Å². The van der Waals surface area contributed by atoms with Crippen LogP contribution in [0.25, 0.3) is 6.08 Å². The van der Waals surface area contributed by atoms with Gasteiger partial charge >= 0.3 is 0 Å². The molecule has 0 fully saturated rings. The van der Waals surface area contributed by atoms with E-state index in [9.17, 15) is 4.79 Å². The average molecular weight is 341 g/mol. The van der Waals surface area contributed by atoms with E-state index < -0.39 is 0 Å². The van der Waals surface area contributed by atoms with Gasteiger partial charge in [0.15, 0.2) is 0 Å². The predicted molar refractivity (Wildman–Crippen MR) is 97.2 cm³/mol. The Morgan fingerprint density at radius 1 is 1.04 bits per heavy atom. The third-order valence-corrected chi connectivity index (χ3v) is 3.34. The van der Waals surface area contributed by atoms with E-state index >= 15 is 0 Å². The number of hydrogen-bond donors (Lipinski definition) is 2. The van der Waals surface area contributed by atoms with Crippen LogP contribution in [0.5, 0.6) is 5.75 Å². The molecule has 0 atom stereocenters. The lowest BCUT2D eigenvalue weighted by Crippen LogP contribution is -2.25. The fourth-order valence-corrected chi connectivity index (χ4v) is 2.06. The van der Waals surface area contributed by atoms with Gasteiger partial charge in [-0.3, -0.25) is 4.79 Å². The second-order valence-electron chi connectivity index (χ2n) is 5.30. The molecule has 5 nitrogen and oxygen atoms in total. The zero-order chi connectivity index (χ0) is 17.7. The highest BCUT2D eigenvalue weighted by Gasteiger charge is 1.97. The maximum absolute atomic E-state index is 11.6. The summed E-state index contributed by atoms with van der Waals surface area (Å²) in [4.78, 5) is 11.6. The van der Waals surface area contributed by atoms with Crippen molar-refractivity contribution in [2.75, 3.05) is 26.4 Å². The number of hydrogen-bond acceptors (Lipinski definition) is 4. The second kappa shape index (κ2) is 11.0. The van der Waals surface area contributed by atoms with Crippen LogP contribution in [0, 0.1) is 0 Å². The van der Waals surface area contributed by atoms with E-state index in [2.05, 4.69) is 5.32 Å². The molecule has 2 rings (SSSR count). The Morgan fingerprint density at radius 3 is 2.52 bits per heavy atom. The van der Waals surface area contributed by atoms with Gasteiger partial charge in [-0.2, -0.15) is 0 Å². The zero-order valence-corrected chi connectivity index (χ0v) is 14.1. The first-order valence-corrected chi connectivity index (χ1v) is 8.19. The summed E-state index contributed by atoms with van der Waals surface area (Å²) < 4.78 is 10.8. The SMILES string of the molecule is O=C(/C=C/c1ccc(OCc2ccccc2)cc1)NCCOCCO. The van der Waals surface area contributed by atoms with Crippen molar-refractivity contribution in [1.82, 2.24) is 5.32 Å². The largest absolute Gasteiger partial charge is 0.489 e. The van der Waals surface area contributed by atoms with Gasteiger partial charge in [-0.25, -0.2) is 0 Å². The van der Waals surface area contributed by atoms with Gasteiger partial charge in [0.1, 0.15) is 12.4 Å². The third kappa shape index (κ3) is 7.65. The number of aliphatic hydroxyl groups excluding tert-OH is 1. The Balaban J connectivity index is 1.72. The molecule has 0 aliphatic carbocycles. The molecule has 2 aromatic rings. The van der Waals surface area contributed by atoms with Crippen molar-refractivity contribution in [3.05, 3.63) is 71.8 Å². The predicted octanol–water partition coefficient (Wildman–Crippen LogP) is 2.40. The lowest BCUT2D eigenvalue weighted by Gasteiger charge is -2.06. The molecule has 0 radical (unpaired) electrons. The molecule has 0 unspecified atom stereocenters. The van der Waals surface area contributed by atoms with Gasteiger partial charge in [-0.15, -0.1) is 0 Å². The highest BCUT2D eigenvalue weighted by Crippen LogP contribution is 2.15. The summed E-state index contributed by atoms with van der Waals surface area (Å²) in [5.74, 6) is 0.600. The lowest BCUT2D eigenvalue weighted by atomic mass is 10.2. The van der Waals surface area contributed by atoms with E-state index in [0.29, 0.717) is 19.8 Å². The van der Waals surface area contributed by atoms with E-state index in [1.807, 2.05) is 54.6 Å². The van der Waals surface area contributed by atoms with Crippen LogP contribution in [-0.4, -0.2) is 37.4 Å². The molecular formula is C20H23NO4. The molecule has 0 bridgehead atoms. The molecule has 1 amide bonds. The van der Waals surface area contributed by atoms with Crippen molar-refractivity contribution in [2.45, 2.75) is 6.61 Å². The number of carbonyl (C=O) groups excluding carboxylic acids is 1. The monoisotopic (exact) mass is 341 g/mol. The number of amides is 1. The second-order valence-corrected chi connectivity index (χ2v) is 5.30. The molecule has 0 aromatic heterocycles. The lowest BCUT2D eigenvalue weighted by molar-refractivity contribution is -0.116. The minimum Gasteiger partial charge on any atom is -0.489 e. The van der Waals surface area contributed by atoms with Crippen LogP contribution < -0.4 is 10.1 Å². The number of ether oxygens (including phenoxy) is 2. The van der Waals surface area contributed by atoms with Crippen molar-refractivity contribution >= 4 is 12.0 Å². The van der Waals surface area contributed by atoms with Crippen LogP contribution in [-0.2, 0) is 16.1 Å². The first-order valence-electron chi connectivity index (χ1n) is 8.19. The number of aliphatic hydroxyl groups is 1. The number of nitrogens with one attached hydrogen (secondary N) is 1. The first-order chi connectivity index (χ1) is 12.3. The van der Waals surface area contributed by atoms with Gasteiger partial charge < -0.3 is 19.9 Å². The molecule has 0 saturated carbocycles. The normalized spacial score (nSPS) is 10.8. The maximum Gasteiger partial charge on any atom is 0.244 e. The van der Waals surface area contributed by atoms with Crippen LogP contribution in [0.15, 0.2) is 60.7 Å². The summed E-state index contributed by atoms with van der Waals surface area (Å²) in [6.07, 6.45) is 3.22. The third-order valence-electron chi connectivity index (χ3n) is 3.34. The standard InChI is InChI=1S/C20H23NO4/c22-13-15-24-14-12-21-20(23)11-8-17-6-9-19(10-7-17)25-16-18-4-2-1-3-5-18/h1-11,22H,12-16H2,(H,21,23)/b11-8+. The zero-order valence-electron chi connectivity index (χ0n) is 14.1. The Morgan fingerprint density at radius 2 is 1.80 bits per heavy atom.